The number of carboxylic acids is 1. The van der Waals surface area contributed by atoms with Crippen molar-refractivity contribution in [3.63, 3.8) is 0 Å². The van der Waals surface area contributed by atoms with Crippen molar-refractivity contribution in [3.05, 3.63) is 52.7 Å². The molecular weight excluding hydrogens is 282 g/mol. The van der Waals surface area contributed by atoms with Crippen molar-refractivity contribution in [2.45, 2.75) is 19.3 Å². The number of carbonyl (C=O) groups excluding carboxylic acids is 1. The molecule has 6 nitrogen and oxygen atoms in total. The molecule has 3 rings (SSSR count). The van der Waals surface area contributed by atoms with Crippen LogP contribution >= 0.6 is 0 Å². The van der Waals surface area contributed by atoms with Crippen LogP contribution in [0.1, 0.15) is 33.0 Å². The zero-order valence-corrected chi connectivity index (χ0v) is 12.0. The largest absolute Gasteiger partial charge is 0.478 e. The molecule has 22 heavy (non-hydrogen) atoms. The molecule has 2 heterocycles. The Hall–Kier alpha value is -2.89. The van der Waals surface area contributed by atoms with Crippen LogP contribution in [0.3, 0.4) is 0 Å². The maximum Gasteiger partial charge on any atom is 0.335 e. The van der Waals surface area contributed by atoms with Gasteiger partial charge >= 0.3 is 5.97 Å². The van der Waals surface area contributed by atoms with Crippen LogP contribution < -0.4 is 11.1 Å². The van der Waals surface area contributed by atoms with E-state index in [2.05, 4.69) is 10.3 Å². The first-order valence-electron chi connectivity index (χ1n) is 6.85. The third kappa shape index (κ3) is 2.39. The lowest BCUT2D eigenvalue weighted by atomic mass is 9.91. The number of benzene rings is 1. The van der Waals surface area contributed by atoms with E-state index in [0.29, 0.717) is 17.9 Å². The fourth-order valence-electron chi connectivity index (χ4n) is 2.69. The first-order chi connectivity index (χ1) is 10.5. The number of aryl methyl sites for hydroxylation is 1. The molecule has 1 aliphatic rings. The van der Waals surface area contributed by atoms with Crippen molar-refractivity contribution in [3.8, 4) is 0 Å². The van der Waals surface area contributed by atoms with Crippen molar-refractivity contribution in [1.29, 1.82) is 0 Å². The lowest BCUT2D eigenvalue weighted by molar-refractivity contribution is -0.117. The SMILES string of the molecule is Cc1cc(C(=O)O)ccc1CC1C(=O)Nc2ncc(N)cc21. The lowest BCUT2D eigenvalue weighted by Crippen LogP contribution is -2.15. The summed E-state index contributed by atoms with van der Waals surface area (Å²) in [6.07, 6.45) is 1.99. The summed E-state index contributed by atoms with van der Waals surface area (Å²) in [4.78, 5) is 27.2. The Morgan fingerprint density at radius 3 is 2.86 bits per heavy atom. The third-order valence-electron chi connectivity index (χ3n) is 3.89. The zero-order valence-electron chi connectivity index (χ0n) is 12.0. The molecule has 1 aromatic heterocycles. The van der Waals surface area contributed by atoms with E-state index in [9.17, 15) is 9.59 Å². The number of nitrogens with zero attached hydrogens (tertiary/aromatic N) is 1. The summed E-state index contributed by atoms with van der Waals surface area (Å²) in [5, 5.41) is 11.7. The number of hydrogen-bond acceptors (Lipinski definition) is 4. The minimum absolute atomic E-state index is 0.116. The highest BCUT2D eigenvalue weighted by Crippen LogP contribution is 2.34. The summed E-state index contributed by atoms with van der Waals surface area (Å²) < 4.78 is 0. The predicted octanol–water partition coefficient (Wildman–Crippen LogP) is 1.95. The van der Waals surface area contributed by atoms with Crippen molar-refractivity contribution >= 4 is 23.4 Å². The molecule has 2 aromatic rings. The molecule has 0 spiro atoms. The molecule has 0 fully saturated rings. The number of hydrogen-bond donors (Lipinski definition) is 3. The number of fused-ring (bicyclic) bond motifs is 1. The molecule has 1 unspecified atom stereocenters. The molecule has 1 atom stereocenters. The van der Waals surface area contributed by atoms with E-state index in [1.54, 1.807) is 24.3 Å². The molecule has 1 aliphatic heterocycles. The van der Waals surface area contributed by atoms with Gasteiger partial charge in [-0.25, -0.2) is 9.78 Å². The summed E-state index contributed by atoms with van der Waals surface area (Å²) in [5.41, 5.74) is 9.06. The lowest BCUT2D eigenvalue weighted by Gasteiger charge is -2.12. The van der Waals surface area contributed by atoms with Gasteiger partial charge in [0.2, 0.25) is 5.91 Å². The number of nitrogens with two attached hydrogens (primary N) is 1. The van der Waals surface area contributed by atoms with E-state index in [1.807, 2.05) is 6.92 Å². The van der Waals surface area contributed by atoms with Gasteiger partial charge < -0.3 is 16.2 Å². The second-order valence-electron chi connectivity index (χ2n) is 5.40. The van der Waals surface area contributed by atoms with E-state index in [0.717, 1.165) is 16.7 Å². The predicted molar refractivity (Wildman–Crippen MR) is 81.9 cm³/mol. The van der Waals surface area contributed by atoms with Crippen molar-refractivity contribution in [1.82, 2.24) is 4.98 Å². The van der Waals surface area contributed by atoms with Crippen molar-refractivity contribution < 1.29 is 14.7 Å². The van der Waals surface area contributed by atoms with Crippen LogP contribution in [0.2, 0.25) is 0 Å². The number of carbonyl (C=O) groups is 2. The van der Waals surface area contributed by atoms with Crippen molar-refractivity contribution in [2.75, 3.05) is 11.1 Å². The highest BCUT2D eigenvalue weighted by Gasteiger charge is 2.32. The van der Waals surface area contributed by atoms with Gasteiger partial charge in [-0.15, -0.1) is 0 Å². The fourth-order valence-corrected chi connectivity index (χ4v) is 2.69. The van der Waals surface area contributed by atoms with Crippen LogP contribution in [0.25, 0.3) is 0 Å². The van der Waals surface area contributed by atoms with Gasteiger partial charge in [-0.2, -0.15) is 0 Å². The van der Waals surface area contributed by atoms with Crippen LogP contribution in [0.4, 0.5) is 11.5 Å². The molecule has 4 N–H and O–H groups in total. The average molecular weight is 297 g/mol. The van der Waals surface area contributed by atoms with E-state index in [1.165, 1.54) is 6.20 Å². The highest BCUT2D eigenvalue weighted by molar-refractivity contribution is 6.02. The van der Waals surface area contributed by atoms with Gasteiger partial charge in [0.1, 0.15) is 5.82 Å². The van der Waals surface area contributed by atoms with Crippen LogP contribution in [0.5, 0.6) is 0 Å². The smallest absolute Gasteiger partial charge is 0.335 e. The standard InChI is InChI=1S/C16H15N3O3/c1-8-4-10(16(21)22)3-2-9(8)5-13-12-6-11(17)7-18-14(12)19-15(13)20/h2-4,6-7,13H,5,17H2,1H3,(H,21,22)(H,18,19,20). The Balaban J connectivity index is 1.93. The molecule has 112 valence electrons. The van der Waals surface area contributed by atoms with E-state index < -0.39 is 5.97 Å². The monoisotopic (exact) mass is 297 g/mol. The number of nitrogens with one attached hydrogen (secondary N) is 1. The Morgan fingerprint density at radius 2 is 2.18 bits per heavy atom. The van der Waals surface area contributed by atoms with Gasteiger partial charge in [-0.3, -0.25) is 4.79 Å². The summed E-state index contributed by atoms with van der Waals surface area (Å²) in [6.45, 7) is 1.84. The average Bonchev–Trinajstić information content (AvgIpc) is 2.76. The number of carboxylic acid groups (broad SMARTS) is 1. The Labute approximate surface area is 127 Å². The minimum atomic E-state index is -0.962. The second kappa shape index (κ2) is 5.14. The Morgan fingerprint density at radius 1 is 1.41 bits per heavy atom. The number of pyridine rings is 1. The Bertz CT molecular complexity index is 786. The molecule has 0 bridgehead atoms. The zero-order chi connectivity index (χ0) is 15.9. The molecule has 0 saturated heterocycles. The first-order valence-corrected chi connectivity index (χ1v) is 6.85. The van der Waals surface area contributed by atoms with E-state index in [-0.39, 0.29) is 17.4 Å². The summed E-state index contributed by atoms with van der Waals surface area (Å²) >= 11 is 0. The number of anilines is 2. The van der Waals surface area contributed by atoms with Gasteiger partial charge in [0.05, 0.1) is 23.4 Å². The summed E-state index contributed by atoms with van der Waals surface area (Å²) in [6, 6.07) is 6.68. The number of aromatic nitrogens is 1. The third-order valence-corrected chi connectivity index (χ3v) is 3.89. The normalized spacial score (nSPS) is 16.2. The molecule has 0 radical (unpaired) electrons. The second-order valence-corrected chi connectivity index (χ2v) is 5.40. The maximum atomic E-state index is 12.1. The fraction of sp³-hybridized carbons (Fsp3) is 0.188. The first kappa shape index (κ1) is 14.1. The topological polar surface area (TPSA) is 105 Å². The van der Waals surface area contributed by atoms with Gasteiger partial charge in [0.15, 0.2) is 0 Å². The van der Waals surface area contributed by atoms with Crippen LogP contribution in [-0.4, -0.2) is 22.0 Å². The minimum Gasteiger partial charge on any atom is -0.478 e. The molecular formula is C16H15N3O3. The van der Waals surface area contributed by atoms with Crippen LogP contribution in [0, 0.1) is 6.92 Å². The van der Waals surface area contributed by atoms with Crippen LogP contribution in [0.15, 0.2) is 30.5 Å². The van der Waals surface area contributed by atoms with Crippen LogP contribution in [-0.2, 0) is 11.2 Å². The summed E-state index contributed by atoms with van der Waals surface area (Å²) in [5.74, 6) is -0.894. The van der Waals surface area contributed by atoms with E-state index in [4.69, 9.17) is 10.8 Å². The number of rotatable bonds is 3. The quantitative estimate of drug-likeness (QED) is 0.803. The molecule has 1 aromatic carbocycles. The molecule has 6 heteroatoms. The van der Waals surface area contributed by atoms with Gasteiger partial charge in [0, 0.05) is 5.56 Å². The van der Waals surface area contributed by atoms with E-state index >= 15 is 0 Å². The Kier molecular flexibility index (Phi) is 3.29. The van der Waals surface area contributed by atoms with Gasteiger partial charge in [-0.1, -0.05) is 6.07 Å². The number of nitrogen functional groups attached to an aromatic ring is 1. The van der Waals surface area contributed by atoms with Gasteiger partial charge in [-0.05, 0) is 42.7 Å². The number of amides is 1. The summed E-state index contributed by atoms with van der Waals surface area (Å²) in [7, 11) is 0. The highest BCUT2D eigenvalue weighted by atomic mass is 16.4. The molecule has 0 aliphatic carbocycles. The number of aromatic carboxylic acids is 1. The van der Waals surface area contributed by atoms with Crippen molar-refractivity contribution in [2.24, 2.45) is 0 Å². The molecule has 0 saturated carbocycles. The molecule has 1 amide bonds. The maximum absolute atomic E-state index is 12.1. The van der Waals surface area contributed by atoms with Gasteiger partial charge in [0.25, 0.3) is 0 Å².